The maximum Gasteiger partial charge on any atom is 0.254 e. The maximum absolute atomic E-state index is 13.5. The van der Waals surface area contributed by atoms with E-state index >= 15 is 0 Å². The highest BCUT2D eigenvalue weighted by Crippen LogP contribution is 2.37. The normalized spacial score (nSPS) is 14.8. The van der Waals surface area contributed by atoms with Gasteiger partial charge in [0.1, 0.15) is 12.1 Å². The number of hydrogen-bond donors (Lipinski definition) is 0. The number of aryl methyl sites for hydroxylation is 2. The Morgan fingerprint density at radius 3 is 2.35 bits per heavy atom. The van der Waals surface area contributed by atoms with Crippen molar-refractivity contribution in [3.63, 3.8) is 0 Å². The van der Waals surface area contributed by atoms with E-state index in [0.29, 0.717) is 54.0 Å². The second-order valence-corrected chi connectivity index (χ2v) is 11.1. The first-order valence-corrected chi connectivity index (χ1v) is 13.5. The van der Waals surface area contributed by atoms with Crippen molar-refractivity contribution in [2.75, 3.05) is 45.3 Å². The van der Waals surface area contributed by atoms with Crippen molar-refractivity contribution in [1.29, 1.82) is 0 Å². The van der Waals surface area contributed by atoms with E-state index in [2.05, 4.69) is 20.0 Å². The lowest BCUT2D eigenvalue weighted by Crippen LogP contribution is -2.49. The standard InChI is InChI=1S/C25H27ClN6O4S/c1-16-12-23(17(2)11-20(16)26)37(33,34)31-9-7-30(8-10-31)24-19(14-27-25-28-15-29-32(24)25)18-5-6-21(35-3)22(13-18)36-4/h5-6,11-15H,7-10H2,1-4H3. The first-order chi connectivity index (χ1) is 17.7. The van der Waals surface area contributed by atoms with Crippen LogP contribution in [-0.2, 0) is 10.0 Å². The van der Waals surface area contributed by atoms with Gasteiger partial charge < -0.3 is 14.4 Å². The van der Waals surface area contributed by atoms with Gasteiger partial charge in [0, 0.05) is 43.0 Å². The molecule has 0 aliphatic carbocycles. The third-order valence-electron chi connectivity index (χ3n) is 6.59. The predicted octanol–water partition coefficient (Wildman–Crippen LogP) is 3.59. The number of nitrogens with zero attached hydrogens (tertiary/aromatic N) is 6. The van der Waals surface area contributed by atoms with Gasteiger partial charge in [-0.1, -0.05) is 17.7 Å². The van der Waals surface area contributed by atoms with E-state index < -0.39 is 10.0 Å². The molecule has 0 unspecified atom stereocenters. The van der Waals surface area contributed by atoms with Gasteiger partial charge in [0.15, 0.2) is 11.5 Å². The Labute approximate surface area is 220 Å². The highest BCUT2D eigenvalue weighted by atomic mass is 35.5. The first-order valence-electron chi connectivity index (χ1n) is 11.7. The van der Waals surface area contributed by atoms with E-state index in [1.165, 1.54) is 10.6 Å². The summed E-state index contributed by atoms with van der Waals surface area (Å²) in [4.78, 5) is 11.1. The lowest BCUT2D eigenvalue weighted by atomic mass is 10.1. The van der Waals surface area contributed by atoms with Crippen molar-refractivity contribution in [2.45, 2.75) is 18.7 Å². The Morgan fingerprint density at radius 2 is 1.65 bits per heavy atom. The predicted molar refractivity (Wildman–Crippen MR) is 141 cm³/mol. The maximum atomic E-state index is 13.5. The third kappa shape index (κ3) is 4.47. The van der Waals surface area contributed by atoms with Crippen LogP contribution in [0.5, 0.6) is 11.5 Å². The number of benzene rings is 2. The number of fused-ring (bicyclic) bond motifs is 1. The minimum Gasteiger partial charge on any atom is -0.493 e. The summed E-state index contributed by atoms with van der Waals surface area (Å²) in [6, 6.07) is 9.00. The Balaban J connectivity index is 1.49. The first kappa shape index (κ1) is 25.2. The molecule has 10 nitrogen and oxygen atoms in total. The van der Waals surface area contributed by atoms with Crippen molar-refractivity contribution in [3.05, 3.63) is 59.0 Å². The quantitative estimate of drug-likeness (QED) is 0.364. The summed E-state index contributed by atoms with van der Waals surface area (Å²) in [7, 11) is -0.500. The molecule has 4 aromatic rings. The van der Waals surface area contributed by atoms with Crippen LogP contribution >= 0.6 is 11.6 Å². The lowest BCUT2D eigenvalue weighted by molar-refractivity contribution is 0.355. The molecule has 1 fully saturated rings. The van der Waals surface area contributed by atoms with Crippen LogP contribution < -0.4 is 14.4 Å². The molecule has 0 radical (unpaired) electrons. The monoisotopic (exact) mass is 542 g/mol. The van der Waals surface area contributed by atoms with E-state index in [0.717, 1.165) is 22.5 Å². The van der Waals surface area contributed by atoms with Crippen LogP contribution in [0.2, 0.25) is 5.02 Å². The van der Waals surface area contributed by atoms with Crippen LogP contribution in [0.1, 0.15) is 11.1 Å². The third-order valence-corrected chi connectivity index (χ3v) is 9.03. The summed E-state index contributed by atoms with van der Waals surface area (Å²) in [5.41, 5.74) is 3.04. The van der Waals surface area contributed by atoms with Gasteiger partial charge in [-0.05, 0) is 54.8 Å². The van der Waals surface area contributed by atoms with Crippen LogP contribution in [-0.4, -0.2) is 72.7 Å². The molecule has 2 aromatic carbocycles. The van der Waals surface area contributed by atoms with Crippen molar-refractivity contribution in [1.82, 2.24) is 23.9 Å². The molecule has 0 atom stereocenters. The van der Waals surface area contributed by atoms with Gasteiger partial charge in [-0.25, -0.2) is 13.4 Å². The molecule has 5 rings (SSSR count). The van der Waals surface area contributed by atoms with Crippen molar-refractivity contribution in [2.24, 2.45) is 0 Å². The number of aromatic nitrogens is 4. The number of ether oxygens (including phenoxy) is 2. The van der Waals surface area contributed by atoms with E-state index in [1.807, 2.05) is 18.2 Å². The fraction of sp³-hybridized carbons (Fsp3) is 0.320. The van der Waals surface area contributed by atoms with Gasteiger partial charge >= 0.3 is 0 Å². The second-order valence-electron chi connectivity index (χ2n) is 8.80. The highest BCUT2D eigenvalue weighted by molar-refractivity contribution is 7.89. The van der Waals surface area contributed by atoms with Gasteiger partial charge in [0.25, 0.3) is 5.78 Å². The number of methoxy groups -OCH3 is 2. The van der Waals surface area contributed by atoms with Crippen LogP contribution in [0.4, 0.5) is 5.82 Å². The molecule has 12 heteroatoms. The smallest absolute Gasteiger partial charge is 0.254 e. The minimum absolute atomic E-state index is 0.288. The van der Waals surface area contributed by atoms with Crippen molar-refractivity contribution in [3.8, 4) is 22.6 Å². The van der Waals surface area contributed by atoms with Crippen LogP contribution in [0, 0.1) is 13.8 Å². The number of anilines is 1. The van der Waals surface area contributed by atoms with Gasteiger partial charge in [-0.3, -0.25) is 0 Å². The lowest BCUT2D eigenvalue weighted by Gasteiger charge is -2.36. The van der Waals surface area contributed by atoms with Crippen molar-refractivity contribution < 1.29 is 17.9 Å². The summed E-state index contributed by atoms with van der Waals surface area (Å²) in [6.45, 7) is 5.12. The summed E-state index contributed by atoms with van der Waals surface area (Å²) < 4.78 is 41.1. The Kier molecular flexibility index (Phi) is 6.69. The molecule has 0 amide bonds. The molecule has 194 valence electrons. The summed E-state index contributed by atoms with van der Waals surface area (Å²) in [5.74, 6) is 2.45. The molecule has 2 aromatic heterocycles. The Morgan fingerprint density at radius 1 is 0.919 bits per heavy atom. The van der Waals surface area contributed by atoms with E-state index in [-0.39, 0.29) is 4.90 Å². The fourth-order valence-electron chi connectivity index (χ4n) is 4.59. The number of sulfonamides is 1. The average Bonchev–Trinajstić information content (AvgIpc) is 3.38. The highest BCUT2D eigenvalue weighted by Gasteiger charge is 2.32. The fourth-order valence-corrected chi connectivity index (χ4v) is 6.52. The molecule has 0 bridgehead atoms. The molecule has 0 saturated carbocycles. The van der Waals surface area contributed by atoms with Gasteiger partial charge in [-0.15, -0.1) is 0 Å². The molecule has 3 heterocycles. The molecule has 1 aliphatic rings. The zero-order valence-corrected chi connectivity index (χ0v) is 22.5. The number of hydrogen-bond acceptors (Lipinski definition) is 8. The summed E-state index contributed by atoms with van der Waals surface area (Å²) in [5, 5.41) is 4.96. The van der Waals surface area contributed by atoms with Gasteiger partial charge in [0.05, 0.1) is 19.1 Å². The Hall–Kier alpha value is -3.41. The van der Waals surface area contributed by atoms with E-state index in [1.54, 1.807) is 50.9 Å². The van der Waals surface area contributed by atoms with Crippen LogP contribution in [0.25, 0.3) is 16.9 Å². The van der Waals surface area contributed by atoms with Crippen LogP contribution in [0.3, 0.4) is 0 Å². The zero-order chi connectivity index (χ0) is 26.3. The van der Waals surface area contributed by atoms with E-state index in [4.69, 9.17) is 21.1 Å². The van der Waals surface area contributed by atoms with Crippen LogP contribution in [0.15, 0.2) is 47.8 Å². The summed E-state index contributed by atoms with van der Waals surface area (Å²) in [6.07, 6.45) is 3.21. The molecular formula is C25H27ClN6O4S. The number of halogens is 1. The largest absolute Gasteiger partial charge is 0.493 e. The van der Waals surface area contributed by atoms with Crippen molar-refractivity contribution >= 4 is 33.2 Å². The molecule has 37 heavy (non-hydrogen) atoms. The van der Waals surface area contributed by atoms with Gasteiger partial charge in [-0.2, -0.15) is 18.9 Å². The molecular weight excluding hydrogens is 516 g/mol. The number of piperazine rings is 1. The molecule has 0 spiro atoms. The average molecular weight is 543 g/mol. The topological polar surface area (TPSA) is 102 Å². The summed E-state index contributed by atoms with van der Waals surface area (Å²) >= 11 is 6.20. The van der Waals surface area contributed by atoms with E-state index in [9.17, 15) is 8.42 Å². The molecule has 1 saturated heterocycles. The molecule has 1 aliphatic heterocycles. The minimum atomic E-state index is -3.68. The Bertz CT molecular complexity index is 1580. The van der Waals surface area contributed by atoms with Gasteiger partial charge in [0.2, 0.25) is 10.0 Å². The molecule has 0 N–H and O–H groups in total. The number of rotatable bonds is 6. The SMILES string of the molecule is COc1ccc(-c2cnc3ncnn3c2N2CCN(S(=O)(=O)c3cc(C)c(Cl)cc3C)CC2)cc1OC. The zero-order valence-electron chi connectivity index (χ0n) is 21.0. The second kappa shape index (κ2) is 9.81.